The van der Waals surface area contributed by atoms with E-state index in [-0.39, 0.29) is 17.4 Å². The summed E-state index contributed by atoms with van der Waals surface area (Å²) in [6.45, 7) is 0. The molecule has 164 valence electrons. The Bertz CT molecular complexity index is 1080. The van der Waals surface area contributed by atoms with Gasteiger partial charge in [-0.15, -0.1) is 0 Å². The number of halogens is 4. The van der Waals surface area contributed by atoms with Crippen LogP contribution in [-0.2, 0) is 21.1 Å². The second kappa shape index (κ2) is 6.54. The molecular weight excluding hydrogens is 439 g/mol. The molecule has 0 aromatic carbocycles. The van der Waals surface area contributed by atoms with Crippen LogP contribution >= 0.6 is 11.6 Å². The zero-order valence-electron chi connectivity index (χ0n) is 16.1. The first kappa shape index (κ1) is 20.5. The Kier molecular flexibility index (Phi) is 4.32. The van der Waals surface area contributed by atoms with Crippen LogP contribution in [0.25, 0.3) is 0 Å². The molecule has 2 aliphatic heterocycles. The van der Waals surface area contributed by atoms with Crippen molar-refractivity contribution in [1.29, 1.82) is 0 Å². The number of rotatable bonds is 4. The van der Waals surface area contributed by atoms with E-state index in [1.165, 1.54) is 13.3 Å². The smallest absolute Gasteiger partial charge is 0.416 e. The fourth-order valence-electron chi connectivity index (χ4n) is 5.28. The van der Waals surface area contributed by atoms with Crippen LogP contribution in [0.3, 0.4) is 0 Å². The van der Waals surface area contributed by atoms with Crippen molar-refractivity contribution in [3.8, 4) is 5.88 Å². The number of anilines is 1. The van der Waals surface area contributed by atoms with E-state index in [2.05, 4.69) is 15.3 Å². The molecule has 2 aromatic rings. The summed E-state index contributed by atoms with van der Waals surface area (Å²) in [5.74, 6) is -0.474. The average Bonchev–Trinajstić information content (AvgIpc) is 3.20. The molecule has 2 saturated heterocycles. The topological polar surface area (TPSA) is 93.6 Å². The Morgan fingerprint density at radius 1 is 1.39 bits per heavy atom. The molecular formula is C20H17ClF3N3O4. The number of methoxy groups -OCH3 is 1. The molecule has 5 rings (SSSR count). The van der Waals surface area contributed by atoms with Gasteiger partial charge >= 0.3 is 6.18 Å². The Labute approximate surface area is 179 Å². The standard InChI is InChI=1S/C20H17ClF3N3O4/c1-30-15-6-9(2-3-25-15)18-8-19(18,12-7-11(28)16(18)31-12)17(29)27-14-5-10(20(22,23)24)4-13(21)26-14/h2-6,11-12,16,28H,7-8H2,1H3,(H,26,27,29)/t11-,12+,16-,18+,19+/m0/s1. The van der Waals surface area contributed by atoms with Gasteiger partial charge in [-0.25, -0.2) is 9.97 Å². The molecule has 3 fully saturated rings. The molecule has 1 saturated carbocycles. The van der Waals surface area contributed by atoms with Crippen molar-refractivity contribution in [2.45, 2.75) is 42.7 Å². The summed E-state index contributed by atoms with van der Waals surface area (Å²) >= 11 is 5.74. The number of hydrogen-bond acceptors (Lipinski definition) is 6. The summed E-state index contributed by atoms with van der Waals surface area (Å²) in [6, 6.07) is 4.85. The van der Waals surface area contributed by atoms with E-state index in [1.807, 2.05) is 0 Å². The van der Waals surface area contributed by atoms with E-state index in [1.54, 1.807) is 12.1 Å². The number of hydrogen-bond donors (Lipinski definition) is 2. The van der Waals surface area contributed by atoms with E-state index < -0.39 is 46.8 Å². The highest BCUT2D eigenvalue weighted by molar-refractivity contribution is 6.29. The van der Waals surface area contributed by atoms with E-state index in [4.69, 9.17) is 21.1 Å². The Morgan fingerprint density at radius 2 is 2.16 bits per heavy atom. The maximum Gasteiger partial charge on any atom is 0.416 e. The van der Waals surface area contributed by atoms with Crippen LogP contribution < -0.4 is 10.1 Å². The fourth-order valence-corrected chi connectivity index (χ4v) is 5.49. The summed E-state index contributed by atoms with van der Waals surface area (Å²) < 4.78 is 50.5. The first-order valence-corrected chi connectivity index (χ1v) is 9.90. The van der Waals surface area contributed by atoms with Crippen molar-refractivity contribution in [3.63, 3.8) is 0 Å². The lowest BCUT2D eigenvalue weighted by Gasteiger charge is -2.29. The number of aromatic nitrogens is 2. The molecule has 7 nitrogen and oxygen atoms in total. The summed E-state index contributed by atoms with van der Waals surface area (Å²) in [4.78, 5) is 21.3. The van der Waals surface area contributed by atoms with E-state index in [0.717, 1.165) is 11.6 Å². The lowest BCUT2D eigenvalue weighted by atomic mass is 9.74. The third-order valence-electron chi connectivity index (χ3n) is 6.61. The van der Waals surface area contributed by atoms with Crippen molar-refractivity contribution in [2.24, 2.45) is 5.41 Å². The minimum Gasteiger partial charge on any atom is -0.481 e. The normalized spacial score (nSPS) is 33.2. The number of pyridine rings is 2. The Morgan fingerprint density at radius 3 is 2.87 bits per heavy atom. The largest absolute Gasteiger partial charge is 0.481 e. The number of alkyl halides is 3. The summed E-state index contributed by atoms with van der Waals surface area (Å²) in [6.07, 6.45) is -4.41. The number of carbonyl (C=O) groups is 1. The van der Waals surface area contributed by atoms with Crippen molar-refractivity contribution in [3.05, 3.63) is 46.7 Å². The van der Waals surface area contributed by atoms with Crippen molar-refractivity contribution < 1.29 is 32.5 Å². The number of nitrogens with one attached hydrogen (secondary N) is 1. The monoisotopic (exact) mass is 455 g/mol. The molecule has 31 heavy (non-hydrogen) atoms. The molecule has 0 unspecified atom stereocenters. The number of nitrogens with zero attached hydrogens (tertiary/aromatic N) is 2. The van der Waals surface area contributed by atoms with Crippen LogP contribution in [0, 0.1) is 5.41 Å². The van der Waals surface area contributed by atoms with Crippen LogP contribution in [0.1, 0.15) is 24.0 Å². The average molecular weight is 456 g/mol. The molecule has 5 atom stereocenters. The predicted octanol–water partition coefficient (Wildman–Crippen LogP) is 2.96. The van der Waals surface area contributed by atoms with Gasteiger partial charge in [-0.2, -0.15) is 13.2 Å². The predicted molar refractivity (Wildman–Crippen MR) is 102 cm³/mol. The highest BCUT2D eigenvalue weighted by Gasteiger charge is 2.87. The fraction of sp³-hybridized carbons (Fsp3) is 0.450. The van der Waals surface area contributed by atoms with Gasteiger partial charge in [0.2, 0.25) is 11.8 Å². The van der Waals surface area contributed by atoms with Crippen LogP contribution in [0.4, 0.5) is 19.0 Å². The van der Waals surface area contributed by atoms with Gasteiger partial charge in [0, 0.05) is 24.1 Å². The van der Waals surface area contributed by atoms with Crippen LogP contribution in [0.15, 0.2) is 30.5 Å². The van der Waals surface area contributed by atoms with Crippen LogP contribution in [0.5, 0.6) is 5.88 Å². The van der Waals surface area contributed by atoms with Gasteiger partial charge in [-0.1, -0.05) is 11.6 Å². The number of aliphatic hydroxyl groups excluding tert-OH is 1. The van der Waals surface area contributed by atoms with Crippen molar-refractivity contribution in [1.82, 2.24) is 9.97 Å². The molecule has 3 aliphatic rings. The van der Waals surface area contributed by atoms with Crippen LogP contribution in [0.2, 0.25) is 5.15 Å². The molecule has 0 radical (unpaired) electrons. The third-order valence-corrected chi connectivity index (χ3v) is 6.80. The highest BCUT2D eigenvalue weighted by Crippen LogP contribution is 2.77. The highest BCUT2D eigenvalue weighted by atomic mass is 35.5. The lowest BCUT2D eigenvalue weighted by Crippen LogP contribution is -2.44. The summed E-state index contributed by atoms with van der Waals surface area (Å²) in [5.41, 5.74) is -2.18. The van der Waals surface area contributed by atoms with Crippen LogP contribution in [-0.4, -0.2) is 46.4 Å². The number of carbonyl (C=O) groups excluding carboxylic acids is 1. The molecule has 4 heterocycles. The molecule has 0 spiro atoms. The zero-order chi connectivity index (χ0) is 22.2. The number of fused-ring (bicyclic) bond motifs is 5. The molecule has 1 aliphatic carbocycles. The maximum atomic E-state index is 13.4. The molecule has 2 aromatic heterocycles. The Hall–Kier alpha value is -2.43. The summed E-state index contributed by atoms with van der Waals surface area (Å²) in [7, 11) is 1.46. The van der Waals surface area contributed by atoms with Gasteiger partial charge in [0.1, 0.15) is 11.0 Å². The second-order valence-corrected chi connectivity index (χ2v) is 8.46. The van der Waals surface area contributed by atoms with E-state index in [0.29, 0.717) is 18.4 Å². The lowest BCUT2D eigenvalue weighted by molar-refractivity contribution is -0.137. The van der Waals surface area contributed by atoms with Gasteiger partial charge in [0.25, 0.3) is 0 Å². The van der Waals surface area contributed by atoms with Crippen molar-refractivity contribution >= 4 is 23.3 Å². The van der Waals surface area contributed by atoms with Gasteiger partial charge in [-0.3, -0.25) is 4.79 Å². The quantitative estimate of drug-likeness (QED) is 0.688. The van der Waals surface area contributed by atoms with Gasteiger partial charge in [0.15, 0.2) is 0 Å². The maximum absolute atomic E-state index is 13.4. The summed E-state index contributed by atoms with van der Waals surface area (Å²) in [5, 5.41) is 12.6. The molecule has 1 amide bonds. The first-order chi connectivity index (χ1) is 14.6. The first-order valence-electron chi connectivity index (χ1n) is 9.52. The third kappa shape index (κ3) is 2.78. The van der Waals surface area contributed by atoms with Gasteiger partial charge < -0.3 is 19.9 Å². The molecule has 2 N–H and O–H groups in total. The van der Waals surface area contributed by atoms with E-state index in [9.17, 15) is 23.1 Å². The van der Waals surface area contributed by atoms with Gasteiger partial charge in [-0.05, 0) is 30.2 Å². The SMILES string of the molecule is COc1cc([C@@]23C[C@]2(C(=O)Nc2cc(C(F)(F)F)cc(Cl)n2)[C@H]2C[C@H](O)[C@@H]3O2)ccn1. The van der Waals surface area contributed by atoms with Crippen molar-refractivity contribution in [2.75, 3.05) is 12.4 Å². The minimum atomic E-state index is -4.64. The van der Waals surface area contributed by atoms with Gasteiger partial charge in [0.05, 0.1) is 36.4 Å². The minimum absolute atomic E-state index is 0.263. The second-order valence-electron chi connectivity index (χ2n) is 8.07. The molecule has 2 bridgehead atoms. The number of amides is 1. The molecule has 11 heteroatoms. The van der Waals surface area contributed by atoms with E-state index >= 15 is 0 Å². The zero-order valence-corrected chi connectivity index (χ0v) is 16.9. The number of ether oxygens (including phenoxy) is 2. The number of aliphatic hydroxyl groups is 1. The Balaban J connectivity index is 1.51.